The zero-order valence-electron chi connectivity index (χ0n) is 36.6. The molecule has 0 aliphatic rings. The van der Waals surface area contributed by atoms with Gasteiger partial charge in [-0.25, -0.2) is 9.59 Å². The predicted molar refractivity (Wildman–Crippen MR) is 238 cm³/mol. The fraction of sp³-hybridized carbons (Fsp3) is 0.458. The third-order valence-electron chi connectivity index (χ3n) is 9.66. The van der Waals surface area contributed by atoms with Crippen molar-refractivity contribution in [2.75, 3.05) is 26.4 Å². The van der Waals surface area contributed by atoms with Crippen molar-refractivity contribution in [3.8, 4) is 22.6 Å². The van der Waals surface area contributed by atoms with Crippen molar-refractivity contribution in [3.63, 3.8) is 0 Å². The molecule has 0 radical (unpaired) electrons. The number of benzene rings is 4. The van der Waals surface area contributed by atoms with Gasteiger partial charge in [0.25, 0.3) is 0 Å². The minimum absolute atomic E-state index is 0.00142. The van der Waals surface area contributed by atoms with Gasteiger partial charge in [-0.2, -0.15) is 26.3 Å². The summed E-state index contributed by atoms with van der Waals surface area (Å²) in [5.41, 5.74) is -0.351. The van der Waals surface area contributed by atoms with E-state index in [-0.39, 0.29) is 86.2 Å². The Morgan fingerprint density at radius 2 is 0.938 bits per heavy atom. The summed E-state index contributed by atoms with van der Waals surface area (Å²) in [5.74, 6) is -0.0216. The first-order valence-electron chi connectivity index (χ1n) is 21.1. The molecule has 0 amide bonds. The lowest BCUT2D eigenvalue weighted by molar-refractivity contribution is -0.161. The van der Waals surface area contributed by atoms with Gasteiger partial charge in [-0.3, -0.25) is 0 Å². The van der Waals surface area contributed by atoms with Crippen LogP contribution in [-0.4, -0.2) is 62.8 Å². The van der Waals surface area contributed by atoms with Crippen LogP contribution in [0.5, 0.6) is 11.5 Å². The van der Waals surface area contributed by atoms with Crippen LogP contribution in [-0.2, 0) is 66.6 Å². The lowest BCUT2D eigenvalue weighted by Crippen LogP contribution is -2.30. The minimum Gasteiger partial charge on any atom is -0.492 e. The fourth-order valence-corrected chi connectivity index (χ4v) is 7.89. The molecule has 0 aliphatic heterocycles. The van der Waals surface area contributed by atoms with E-state index < -0.39 is 47.6 Å². The van der Waals surface area contributed by atoms with Gasteiger partial charge in [0, 0.05) is 26.1 Å². The Morgan fingerprint density at radius 1 is 0.562 bits per heavy atom. The first-order chi connectivity index (χ1) is 30.2. The highest BCUT2D eigenvalue weighted by Gasteiger charge is 2.35. The van der Waals surface area contributed by atoms with Crippen molar-refractivity contribution in [1.29, 1.82) is 0 Å². The summed E-state index contributed by atoms with van der Waals surface area (Å²) in [6, 6.07) is 17.6. The number of carbonyl (C=O) groups excluding carboxylic acids is 2. The summed E-state index contributed by atoms with van der Waals surface area (Å²) in [5, 5.41) is 0. The standard InChI is InChI=1S/C48H54Br2F6O8/c1-7-59-43(45(57)63-29(3)4)25-31-13-19-41(39(49)23-31)61-21-9-11-33-15-17-35(27-37(33)47(51,52)53)36-18-16-34(38(28-36)48(54,55)56)12-10-22-62-42-20-14-32(24-40(42)50)26-44(60-8-2)46(58)64-30(5)6/h13-20,23-24,27-30,43-44H,7-12,21-22,25-26H2,1-6H3/t43-,44-/m0/s1. The van der Waals surface area contributed by atoms with E-state index in [1.165, 1.54) is 24.3 Å². The molecule has 0 unspecified atom stereocenters. The molecule has 0 spiro atoms. The maximum atomic E-state index is 14.4. The van der Waals surface area contributed by atoms with Crippen molar-refractivity contribution < 1.29 is 64.4 Å². The molecular weight excluding hydrogens is 978 g/mol. The van der Waals surface area contributed by atoms with E-state index in [0.717, 1.165) is 23.3 Å². The molecule has 4 aromatic rings. The molecule has 0 heterocycles. The molecule has 8 nitrogen and oxygen atoms in total. The van der Waals surface area contributed by atoms with E-state index in [2.05, 4.69) is 31.9 Å². The van der Waals surface area contributed by atoms with E-state index in [9.17, 15) is 35.9 Å². The lowest BCUT2D eigenvalue weighted by Gasteiger charge is -2.18. The molecule has 0 bridgehead atoms. The van der Waals surface area contributed by atoms with Gasteiger partial charge < -0.3 is 28.4 Å². The third kappa shape index (κ3) is 16.1. The molecule has 0 aromatic heterocycles. The third-order valence-corrected chi connectivity index (χ3v) is 10.9. The second kappa shape index (κ2) is 24.4. The van der Waals surface area contributed by atoms with Gasteiger partial charge in [0.2, 0.25) is 0 Å². The smallest absolute Gasteiger partial charge is 0.416 e. The van der Waals surface area contributed by atoms with Crippen molar-refractivity contribution in [1.82, 2.24) is 0 Å². The average molecular weight is 1030 g/mol. The minimum atomic E-state index is -4.76. The predicted octanol–water partition coefficient (Wildman–Crippen LogP) is 12.7. The number of carbonyl (C=O) groups is 2. The topological polar surface area (TPSA) is 89.5 Å². The summed E-state index contributed by atoms with van der Waals surface area (Å²) in [7, 11) is 0. The van der Waals surface area contributed by atoms with Crippen LogP contribution in [0.4, 0.5) is 26.3 Å². The normalized spacial score (nSPS) is 12.9. The molecule has 4 rings (SSSR count). The maximum absolute atomic E-state index is 14.4. The van der Waals surface area contributed by atoms with Gasteiger partial charge in [0.1, 0.15) is 11.5 Å². The lowest BCUT2D eigenvalue weighted by atomic mass is 9.93. The first-order valence-corrected chi connectivity index (χ1v) is 22.7. The molecule has 16 heteroatoms. The highest BCUT2D eigenvalue weighted by Crippen LogP contribution is 2.39. The Bertz CT molecular complexity index is 2010. The van der Waals surface area contributed by atoms with E-state index in [4.69, 9.17) is 28.4 Å². The molecular formula is C48H54Br2F6O8. The van der Waals surface area contributed by atoms with Crippen LogP contribution in [0.3, 0.4) is 0 Å². The number of hydrogen-bond donors (Lipinski definition) is 0. The molecule has 0 fully saturated rings. The highest BCUT2D eigenvalue weighted by molar-refractivity contribution is 9.11. The molecule has 4 aromatic carbocycles. The Balaban J connectivity index is 1.38. The van der Waals surface area contributed by atoms with Gasteiger partial charge in [-0.1, -0.05) is 36.4 Å². The Labute approximate surface area is 387 Å². The van der Waals surface area contributed by atoms with Crippen molar-refractivity contribution in [2.24, 2.45) is 0 Å². The second-order valence-corrected chi connectivity index (χ2v) is 17.1. The second-order valence-electron chi connectivity index (χ2n) is 15.4. The van der Waals surface area contributed by atoms with Crippen LogP contribution in [0, 0.1) is 0 Å². The molecule has 0 saturated heterocycles. The molecule has 2 atom stereocenters. The van der Waals surface area contributed by atoms with Gasteiger partial charge in [-0.15, -0.1) is 0 Å². The van der Waals surface area contributed by atoms with Crippen molar-refractivity contribution >= 4 is 43.8 Å². The Hall–Kier alpha value is -4.12. The number of ether oxygens (including phenoxy) is 6. The van der Waals surface area contributed by atoms with Crippen LogP contribution in [0.15, 0.2) is 81.7 Å². The van der Waals surface area contributed by atoms with E-state index in [1.54, 1.807) is 77.9 Å². The highest BCUT2D eigenvalue weighted by atomic mass is 79.9. The van der Waals surface area contributed by atoms with Crippen LogP contribution in [0.2, 0.25) is 0 Å². The monoisotopic (exact) mass is 1030 g/mol. The number of hydrogen-bond acceptors (Lipinski definition) is 8. The van der Waals surface area contributed by atoms with Gasteiger partial charge >= 0.3 is 24.3 Å². The van der Waals surface area contributed by atoms with Crippen molar-refractivity contribution in [3.05, 3.63) is 115 Å². The number of alkyl halides is 6. The Morgan fingerprint density at radius 3 is 1.25 bits per heavy atom. The number of esters is 2. The number of halogens is 8. The first kappa shape index (κ1) is 52.5. The summed E-state index contributed by atoms with van der Waals surface area (Å²) in [4.78, 5) is 24.9. The van der Waals surface area contributed by atoms with Gasteiger partial charge in [-0.05, 0) is 169 Å². The van der Waals surface area contributed by atoms with Gasteiger partial charge in [0.15, 0.2) is 12.2 Å². The molecule has 0 N–H and O–H groups in total. The average Bonchev–Trinajstić information content (AvgIpc) is 3.21. The van der Waals surface area contributed by atoms with Crippen LogP contribution >= 0.6 is 31.9 Å². The van der Waals surface area contributed by atoms with Crippen LogP contribution in [0.25, 0.3) is 11.1 Å². The van der Waals surface area contributed by atoms with E-state index >= 15 is 0 Å². The molecule has 0 aliphatic carbocycles. The number of rotatable bonds is 23. The quantitative estimate of drug-likeness (QED) is 0.0412. The van der Waals surface area contributed by atoms with E-state index in [1.807, 2.05) is 0 Å². The van der Waals surface area contributed by atoms with Crippen LogP contribution in [0.1, 0.15) is 87.8 Å². The fourth-order valence-electron chi connectivity index (χ4n) is 6.81. The summed E-state index contributed by atoms with van der Waals surface area (Å²) in [6.45, 7) is 11.4. The van der Waals surface area contributed by atoms with E-state index in [0.29, 0.717) is 33.7 Å². The van der Waals surface area contributed by atoms with Crippen LogP contribution < -0.4 is 9.47 Å². The Kier molecular flexibility index (Phi) is 20.0. The molecule has 0 saturated carbocycles. The molecule has 64 heavy (non-hydrogen) atoms. The largest absolute Gasteiger partial charge is 0.492 e. The summed E-state index contributed by atoms with van der Waals surface area (Å²) in [6.07, 6.45) is -10.7. The maximum Gasteiger partial charge on any atom is 0.416 e. The summed E-state index contributed by atoms with van der Waals surface area (Å²) < 4.78 is 121. The zero-order valence-corrected chi connectivity index (χ0v) is 39.8. The summed E-state index contributed by atoms with van der Waals surface area (Å²) >= 11 is 6.93. The zero-order chi connectivity index (χ0) is 47.2. The van der Waals surface area contributed by atoms with Gasteiger partial charge in [0.05, 0.1) is 45.5 Å². The SMILES string of the molecule is CCO[C@@H](Cc1ccc(OCCCc2ccc(-c3ccc(CCCOc4ccc(C[C@H](OCC)C(=O)OC(C)C)cc4Br)c(C(F)(F)F)c3)cc2C(F)(F)F)c(Br)c1)C(=O)OC(C)C. The van der Waals surface area contributed by atoms with Crippen molar-refractivity contribution in [2.45, 2.75) is 117 Å². The molecule has 350 valence electrons. The number of aryl methyl sites for hydroxylation is 2.